The van der Waals surface area contributed by atoms with Crippen molar-refractivity contribution < 1.29 is 14.3 Å². The van der Waals surface area contributed by atoms with Crippen molar-refractivity contribution in [1.82, 2.24) is 0 Å². The van der Waals surface area contributed by atoms with Crippen LogP contribution in [0, 0.1) is 0 Å². The number of carbonyl (C=O) groups excluding carboxylic acids is 1. The third-order valence-electron chi connectivity index (χ3n) is 3.41. The first-order valence-electron chi connectivity index (χ1n) is 8.19. The van der Waals surface area contributed by atoms with Crippen LogP contribution in [0.2, 0.25) is 0 Å². The second-order valence-electron chi connectivity index (χ2n) is 5.36. The molecule has 0 spiro atoms. The maximum absolute atomic E-state index is 11.4. The predicted octanol–water partition coefficient (Wildman–Crippen LogP) is 5.52. The van der Waals surface area contributed by atoms with Gasteiger partial charge in [0.1, 0.15) is 5.75 Å². The van der Waals surface area contributed by atoms with Crippen molar-refractivity contribution in [1.29, 1.82) is 0 Å². The molecule has 3 nitrogen and oxygen atoms in total. The highest BCUT2D eigenvalue weighted by Gasteiger charge is 2.05. The van der Waals surface area contributed by atoms with Gasteiger partial charge in [-0.25, -0.2) is 4.79 Å². The fraction of sp³-hybridized carbons (Fsp3) is 0.611. The van der Waals surface area contributed by atoms with E-state index in [0.29, 0.717) is 12.4 Å². The molecule has 3 heteroatoms. The summed E-state index contributed by atoms with van der Waals surface area (Å²) in [6.07, 6.45) is 8.77. The minimum atomic E-state index is -0.615. The number of rotatable bonds is 10. The maximum Gasteiger partial charge on any atom is 0.513 e. The molecule has 0 saturated carbocycles. The molecule has 1 aromatic rings. The number of unbranched alkanes of at least 4 members (excludes halogenated alkanes) is 5. The van der Waals surface area contributed by atoms with E-state index < -0.39 is 6.16 Å². The van der Waals surface area contributed by atoms with Crippen LogP contribution in [0.5, 0.6) is 5.75 Å². The van der Waals surface area contributed by atoms with E-state index in [0.717, 1.165) is 19.3 Å². The van der Waals surface area contributed by atoms with Crippen LogP contribution in [0.1, 0.15) is 64.4 Å². The average molecular weight is 292 g/mol. The molecular weight excluding hydrogens is 264 g/mol. The predicted molar refractivity (Wildman–Crippen MR) is 85.8 cm³/mol. The van der Waals surface area contributed by atoms with Gasteiger partial charge in [0.05, 0.1) is 6.61 Å². The smallest absolute Gasteiger partial charge is 0.434 e. The molecule has 0 heterocycles. The maximum atomic E-state index is 11.4. The quantitative estimate of drug-likeness (QED) is 0.324. The number of ether oxygens (including phenoxy) is 2. The van der Waals surface area contributed by atoms with Crippen molar-refractivity contribution >= 4 is 6.16 Å². The van der Waals surface area contributed by atoms with Gasteiger partial charge in [-0.05, 0) is 37.0 Å². The first-order valence-corrected chi connectivity index (χ1v) is 8.19. The van der Waals surface area contributed by atoms with Gasteiger partial charge >= 0.3 is 6.16 Å². The van der Waals surface area contributed by atoms with Crippen LogP contribution < -0.4 is 4.74 Å². The molecule has 0 unspecified atom stereocenters. The molecule has 21 heavy (non-hydrogen) atoms. The van der Waals surface area contributed by atoms with Crippen LogP contribution in [0.3, 0.4) is 0 Å². The van der Waals surface area contributed by atoms with Crippen molar-refractivity contribution in [3.05, 3.63) is 29.8 Å². The van der Waals surface area contributed by atoms with E-state index in [-0.39, 0.29) is 0 Å². The lowest BCUT2D eigenvalue weighted by Crippen LogP contribution is -2.11. The van der Waals surface area contributed by atoms with Crippen LogP contribution in [0.15, 0.2) is 24.3 Å². The van der Waals surface area contributed by atoms with Gasteiger partial charge in [-0.15, -0.1) is 0 Å². The highest BCUT2D eigenvalue weighted by molar-refractivity contribution is 5.63. The molecule has 1 aromatic carbocycles. The van der Waals surface area contributed by atoms with E-state index >= 15 is 0 Å². The zero-order chi connectivity index (χ0) is 15.3. The molecule has 0 amide bonds. The summed E-state index contributed by atoms with van der Waals surface area (Å²) >= 11 is 0. The highest BCUT2D eigenvalue weighted by Crippen LogP contribution is 2.15. The molecule has 0 fully saturated rings. The second-order valence-corrected chi connectivity index (χ2v) is 5.36. The Hall–Kier alpha value is -1.51. The third kappa shape index (κ3) is 8.38. The lowest BCUT2D eigenvalue weighted by Gasteiger charge is -2.06. The summed E-state index contributed by atoms with van der Waals surface area (Å²) in [5.41, 5.74) is 1.29. The number of benzene rings is 1. The summed E-state index contributed by atoms with van der Waals surface area (Å²) in [4.78, 5) is 11.4. The molecular formula is C18H28O3. The summed E-state index contributed by atoms with van der Waals surface area (Å²) in [5.74, 6) is 0.547. The van der Waals surface area contributed by atoms with Crippen molar-refractivity contribution in [2.24, 2.45) is 0 Å². The van der Waals surface area contributed by atoms with E-state index in [9.17, 15) is 4.79 Å². The normalized spacial score (nSPS) is 10.4. The van der Waals surface area contributed by atoms with Gasteiger partial charge in [-0.2, -0.15) is 0 Å². The van der Waals surface area contributed by atoms with E-state index in [2.05, 4.69) is 13.8 Å². The van der Waals surface area contributed by atoms with Crippen LogP contribution in [0.4, 0.5) is 4.79 Å². The van der Waals surface area contributed by atoms with Crippen molar-refractivity contribution in [2.45, 2.75) is 65.2 Å². The molecule has 0 N–H and O–H groups in total. The van der Waals surface area contributed by atoms with E-state index in [1.807, 2.05) is 24.3 Å². The number of aryl methyl sites for hydroxylation is 1. The standard InChI is InChI=1S/C18H28O3/c1-3-5-7-8-9-10-16-11-13-17(14-12-16)21-18(19)20-15-6-4-2/h11-14H,3-10,15H2,1-2H3. The minimum Gasteiger partial charge on any atom is -0.434 e. The van der Waals surface area contributed by atoms with E-state index in [1.165, 1.54) is 37.7 Å². The largest absolute Gasteiger partial charge is 0.513 e. The fourth-order valence-electron chi connectivity index (χ4n) is 2.08. The molecule has 0 bridgehead atoms. The second kappa shape index (κ2) is 11.2. The van der Waals surface area contributed by atoms with E-state index in [4.69, 9.17) is 9.47 Å². The lowest BCUT2D eigenvalue weighted by atomic mass is 10.1. The lowest BCUT2D eigenvalue weighted by molar-refractivity contribution is 0.0978. The zero-order valence-corrected chi connectivity index (χ0v) is 13.4. The Morgan fingerprint density at radius 3 is 2.24 bits per heavy atom. The molecule has 0 radical (unpaired) electrons. The molecule has 118 valence electrons. The molecule has 0 saturated heterocycles. The fourth-order valence-corrected chi connectivity index (χ4v) is 2.08. The first kappa shape index (κ1) is 17.5. The number of hydrogen-bond donors (Lipinski definition) is 0. The molecule has 0 aliphatic carbocycles. The minimum absolute atomic E-state index is 0.422. The van der Waals surface area contributed by atoms with E-state index in [1.54, 1.807) is 0 Å². The Labute approximate surface area is 128 Å². The van der Waals surface area contributed by atoms with Gasteiger partial charge in [0, 0.05) is 0 Å². The Morgan fingerprint density at radius 2 is 1.57 bits per heavy atom. The number of hydrogen-bond acceptors (Lipinski definition) is 3. The Balaban J connectivity index is 2.25. The molecule has 1 rings (SSSR count). The molecule has 0 aromatic heterocycles. The van der Waals surface area contributed by atoms with Gasteiger partial charge in [-0.1, -0.05) is 58.1 Å². The Kier molecular flexibility index (Phi) is 9.34. The zero-order valence-electron chi connectivity index (χ0n) is 13.4. The van der Waals surface area contributed by atoms with Gasteiger partial charge in [0.2, 0.25) is 0 Å². The van der Waals surface area contributed by atoms with Crippen LogP contribution >= 0.6 is 0 Å². The Morgan fingerprint density at radius 1 is 0.905 bits per heavy atom. The monoisotopic (exact) mass is 292 g/mol. The average Bonchev–Trinajstić information content (AvgIpc) is 2.49. The molecule has 0 atom stereocenters. The van der Waals surface area contributed by atoms with Crippen LogP contribution in [0.25, 0.3) is 0 Å². The number of carbonyl (C=O) groups is 1. The third-order valence-corrected chi connectivity index (χ3v) is 3.41. The molecule has 0 aliphatic heterocycles. The summed E-state index contributed by atoms with van der Waals surface area (Å²) in [7, 11) is 0. The summed E-state index contributed by atoms with van der Waals surface area (Å²) in [6, 6.07) is 7.72. The van der Waals surface area contributed by atoms with Crippen LogP contribution in [-0.2, 0) is 11.2 Å². The highest BCUT2D eigenvalue weighted by atomic mass is 16.7. The van der Waals surface area contributed by atoms with Crippen molar-refractivity contribution in [2.75, 3.05) is 6.61 Å². The van der Waals surface area contributed by atoms with Gasteiger partial charge in [0.25, 0.3) is 0 Å². The van der Waals surface area contributed by atoms with Gasteiger partial charge < -0.3 is 9.47 Å². The summed E-state index contributed by atoms with van der Waals surface area (Å²) < 4.78 is 10.1. The van der Waals surface area contributed by atoms with Crippen molar-refractivity contribution in [3.63, 3.8) is 0 Å². The van der Waals surface area contributed by atoms with Gasteiger partial charge in [-0.3, -0.25) is 0 Å². The summed E-state index contributed by atoms with van der Waals surface area (Å²) in [5, 5.41) is 0. The SMILES string of the molecule is CCCCCCCc1ccc(OC(=O)OCCCC)cc1. The first-order chi connectivity index (χ1) is 10.3. The Bertz CT molecular complexity index is 384. The van der Waals surface area contributed by atoms with Crippen molar-refractivity contribution in [3.8, 4) is 5.75 Å². The topological polar surface area (TPSA) is 35.5 Å². The molecule has 0 aliphatic rings. The summed E-state index contributed by atoms with van der Waals surface area (Å²) in [6.45, 7) is 4.70. The van der Waals surface area contributed by atoms with Crippen LogP contribution in [-0.4, -0.2) is 12.8 Å². The van der Waals surface area contributed by atoms with Gasteiger partial charge in [0.15, 0.2) is 0 Å².